The first-order chi connectivity index (χ1) is 13.6. The molecule has 0 bridgehead atoms. The Morgan fingerprint density at radius 2 is 1.68 bits per heavy atom. The molecule has 3 aromatic rings. The Morgan fingerprint density at radius 3 is 2.29 bits per heavy atom. The molecule has 28 heavy (non-hydrogen) atoms. The highest BCUT2D eigenvalue weighted by Gasteiger charge is 2.42. The second kappa shape index (κ2) is 7.11. The van der Waals surface area contributed by atoms with E-state index < -0.39 is 0 Å². The Hall–Kier alpha value is -3.15. The summed E-state index contributed by atoms with van der Waals surface area (Å²) in [6.45, 7) is 0. The van der Waals surface area contributed by atoms with Crippen molar-refractivity contribution in [1.29, 1.82) is 0 Å². The first-order valence-electron chi connectivity index (χ1n) is 9.10. The summed E-state index contributed by atoms with van der Waals surface area (Å²) in [5, 5.41) is 1.14. The molecular formula is C22H23NO5. The van der Waals surface area contributed by atoms with Crippen molar-refractivity contribution in [3.8, 4) is 17.2 Å². The average Bonchev–Trinajstić information content (AvgIpc) is 3.28. The van der Waals surface area contributed by atoms with Crippen LogP contribution in [0.5, 0.6) is 17.2 Å². The maximum absolute atomic E-state index is 12.6. The number of aromatic amines is 1. The molecular weight excluding hydrogens is 358 g/mol. The zero-order valence-electron chi connectivity index (χ0n) is 16.4. The summed E-state index contributed by atoms with van der Waals surface area (Å²) in [4.78, 5) is 16.1. The minimum absolute atomic E-state index is 0.191. The molecule has 1 N–H and O–H groups in total. The fourth-order valence-electron chi connectivity index (χ4n) is 4.30. The van der Waals surface area contributed by atoms with Crippen LogP contribution in [0.15, 0.2) is 36.4 Å². The SMILES string of the molecule is COC(=O)[C@@H]1Cc2c([nH]c3ccccc23)[C@H]1c1cc(OC)c(OC)c(OC)c1. The fourth-order valence-corrected chi connectivity index (χ4v) is 4.30. The zero-order valence-corrected chi connectivity index (χ0v) is 16.4. The predicted molar refractivity (Wildman–Crippen MR) is 105 cm³/mol. The third-order valence-electron chi connectivity index (χ3n) is 5.53. The van der Waals surface area contributed by atoms with Crippen molar-refractivity contribution < 1.29 is 23.7 Å². The molecule has 1 aromatic heterocycles. The summed E-state index contributed by atoms with van der Waals surface area (Å²) >= 11 is 0. The number of ether oxygens (including phenoxy) is 4. The summed E-state index contributed by atoms with van der Waals surface area (Å²) in [5.41, 5.74) is 4.17. The summed E-state index contributed by atoms with van der Waals surface area (Å²) in [7, 11) is 6.17. The van der Waals surface area contributed by atoms with E-state index in [2.05, 4.69) is 11.1 Å². The van der Waals surface area contributed by atoms with Gasteiger partial charge in [-0.3, -0.25) is 4.79 Å². The number of aromatic nitrogens is 1. The monoisotopic (exact) mass is 381 g/mol. The van der Waals surface area contributed by atoms with E-state index in [1.165, 1.54) is 7.11 Å². The lowest BCUT2D eigenvalue weighted by Crippen LogP contribution is -2.22. The minimum atomic E-state index is -0.321. The maximum atomic E-state index is 12.6. The first-order valence-corrected chi connectivity index (χ1v) is 9.10. The van der Waals surface area contributed by atoms with E-state index in [-0.39, 0.29) is 17.8 Å². The lowest BCUT2D eigenvalue weighted by Gasteiger charge is -2.21. The molecule has 1 heterocycles. The van der Waals surface area contributed by atoms with Crippen LogP contribution in [0.3, 0.4) is 0 Å². The quantitative estimate of drug-likeness (QED) is 0.683. The van der Waals surface area contributed by atoms with Gasteiger partial charge in [-0.2, -0.15) is 0 Å². The number of H-pyrrole nitrogens is 1. The van der Waals surface area contributed by atoms with Crippen molar-refractivity contribution in [3.05, 3.63) is 53.2 Å². The number of hydrogen-bond acceptors (Lipinski definition) is 5. The van der Waals surface area contributed by atoms with E-state index in [1.807, 2.05) is 30.3 Å². The number of carbonyl (C=O) groups excluding carboxylic acids is 1. The van der Waals surface area contributed by atoms with Crippen LogP contribution in [-0.2, 0) is 16.0 Å². The average molecular weight is 381 g/mol. The van der Waals surface area contributed by atoms with E-state index in [0.717, 1.165) is 27.7 Å². The molecule has 146 valence electrons. The Morgan fingerprint density at radius 1 is 1.00 bits per heavy atom. The number of hydrogen-bond donors (Lipinski definition) is 1. The number of rotatable bonds is 5. The Balaban J connectivity index is 1.92. The van der Waals surface area contributed by atoms with Crippen molar-refractivity contribution >= 4 is 16.9 Å². The van der Waals surface area contributed by atoms with Gasteiger partial charge in [0.05, 0.1) is 34.4 Å². The van der Waals surface area contributed by atoms with Crippen molar-refractivity contribution in [2.24, 2.45) is 5.92 Å². The second-order valence-electron chi connectivity index (χ2n) is 6.83. The molecule has 2 atom stereocenters. The number of benzene rings is 2. The van der Waals surface area contributed by atoms with E-state index in [0.29, 0.717) is 23.7 Å². The minimum Gasteiger partial charge on any atom is -0.493 e. The molecule has 0 radical (unpaired) electrons. The van der Waals surface area contributed by atoms with E-state index >= 15 is 0 Å². The van der Waals surface area contributed by atoms with Crippen LogP contribution in [0.2, 0.25) is 0 Å². The van der Waals surface area contributed by atoms with Crippen molar-refractivity contribution in [2.75, 3.05) is 28.4 Å². The van der Waals surface area contributed by atoms with Gasteiger partial charge in [0.15, 0.2) is 11.5 Å². The standard InChI is InChI=1S/C22H23NO5/c1-25-17-9-12(10-18(26-2)21(17)27-3)19-15(22(24)28-4)11-14-13-7-5-6-8-16(13)23-20(14)19/h5-10,15,19,23H,11H2,1-4H3/t15-,19+/m1/s1. The molecule has 0 fully saturated rings. The highest BCUT2D eigenvalue weighted by molar-refractivity contribution is 5.88. The topological polar surface area (TPSA) is 69.8 Å². The van der Waals surface area contributed by atoms with Crippen molar-refractivity contribution in [2.45, 2.75) is 12.3 Å². The smallest absolute Gasteiger partial charge is 0.310 e. The number of fused-ring (bicyclic) bond motifs is 3. The summed E-state index contributed by atoms with van der Waals surface area (Å²) in [5.74, 6) is 0.906. The summed E-state index contributed by atoms with van der Waals surface area (Å²) in [6, 6.07) is 11.9. The van der Waals surface area contributed by atoms with Crippen LogP contribution in [0.25, 0.3) is 10.9 Å². The molecule has 0 aliphatic heterocycles. The highest BCUT2D eigenvalue weighted by Crippen LogP contribution is 2.49. The van der Waals surface area contributed by atoms with Crippen molar-refractivity contribution in [1.82, 2.24) is 4.98 Å². The Labute approximate surface area is 163 Å². The molecule has 0 unspecified atom stereocenters. The highest BCUT2D eigenvalue weighted by atomic mass is 16.5. The molecule has 6 heteroatoms. The number of carbonyl (C=O) groups is 1. The fraction of sp³-hybridized carbons (Fsp3) is 0.318. The Bertz CT molecular complexity index is 1010. The van der Waals surface area contributed by atoms with E-state index in [9.17, 15) is 4.79 Å². The number of nitrogens with one attached hydrogen (secondary N) is 1. The van der Waals surface area contributed by atoms with Crippen LogP contribution in [0.4, 0.5) is 0 Å². The van der Waals surface area contributed by atoms with Crippen LogP contribution >= 0.6 is 0 Å². The van der Waals surface area contributed by atoms with Gasteiger partial charge in [-0.1, -0.05) is 18.2 Å². The third-order valence-corrected chi connectivity index (χ3v) is 5.53. The summed E-state index contributed by atoms with van der Waals surface area (Å²) in [6.07, 6.45) is 0.618. The van der Waals surface area contributed by atoms with Gasteiger partial charge in [0.2, 0.25) is 5.75 Å². The maximum Gasteiger partial charge on any atom is 0.310 e. The predicted octanol–water partition coefficient (Wildman–Crippen LogP) is 3.67. The molecule has 1 aliphatic rings. The molecule has 1 aliphatic carbocycles. The van der Waals surface area contributed by atoms with Gasteiger partial charge in [-0.25, -0.2) is 0 Å². The van der Waals surface area contributed by atoms with Gasteiger partial charge in [0.1, 0.15) is 0 Å². The normalized spacial score (nSPS) is 18.0. The zero-order chi connectivity index (χ0) is 19.8. The largest absolute Gasteiger partial charge is 0.493 e. The first kappa shape index (κ1) is 18.2. The molecule has 0 saturated heterocycles. The molecule has 0 saturated carbocycles. The number of esters is 1. The van der Waals surface area contributed by atoms with Crippen molar-refractivity contribution in [3.63, 3.8) is 0 Å². The van der Waals surface area contributed by atoms with Gasteiger partial charge in [0.25, 0.3) is 0 Å². The van der Waals surface area contributed by atoms with Gasteiger partial charge >= 0.3 is 5.97 Å². The molecule has 0 spiro atoms. The molecule has 2 aromatic carbocycles. The van der Waals surface area contributed by atoms with Crippen LogP contribution < -0.4 is 14.2 Å². The Kier molecular flexibility index (Phi) is 4.63. The molecule has 4 rings (SSSR count). The number of para-hydroxylation sites is 1. The lowest BCUT2D eigenvalue weighted by atomic mass is 9.87. The summed E-state index contributed by atoms with van der Waals surface area (Å²) < 4.78 is 21.6. The lowest BCUT2D eigenvalue weighted by molar-refractivity contribution is -0.145. The van der Waals surface area contributed by atoms with Crippen LogP contribution in [-0.4, -0.2) is 39.4 Å². The third kappa shape index (κ3) is 2.68. The van der Waals surface area contributed by atoms with Gasteiger partial charge in [-0.05, 0) is 35.7 Å². The van der Waals surface area contributed by atoms with E-state index in [4.69, 9.17) is 18.9 Å². The molecule has 6 nitrogen and oxygen atoms in total. The molecule has 0 amide bonds. The van der Waals surface area contributed by atoms with Gasteiger partial charge in [0, 0.05) is 22.5 Å². The van der Waals surface area contributed by atoms with Gasteiger partial charge in [-0.15, -0.1) is 0 Å². The van der Waals surface area contributed by atoms with E-state index in [1.54, 1.807) is 21.3 Å². The van der Waals surface area contributed by atoms with Crippen LogP contribution in [0, 0.1) is 5.92 Å². The van der Waals surface area contributed by atoms with Crippen LogP contribution in [0.1, 0.15) is 22.7 Å². The number of methoxy groups -OCH3 is 4. The van der Waals surface area contributed by atoms with Gasteiger partial charge < -0.3 is 23.9 Å². The second-order valence-corrected chi connectivity index (χ2v) is 6.83.